The summed E-state index contributed by atoms with van der Waals surface area (Å²) in [6.07, 6.45) is 0.814. The molecule has 0 fully saturated rings. The Hall–Kier alpha value is -1.35. The summed E-state index contributed by atoms with van der Waals surface area (Å²) in [5, 5.41) is 3.08. The maximum absolute atomic E-state index is 12.2. The van der Waals surface area contributed by atoms with Crippen LogP contribution in [0.5, 0.6) is 0 Å². The van der Waals surface area contributed by atoms with Crippen molar-refractivity contribution in [2.45, 2.75) is 40.2 Å². The maximum atomic E-state index is 12.2. The van der Waals surface area contributed by atoms with E-state index >= 15 is 0 Å². The fourth-order valence-electron chi connectivity index (χ4n) is 2.07. The molecule has 1 unspecified atom stereocenters. The second-order valence-corrected chi connectivity index (χ2v) is 5.22. The summed E-state index contributed by atoms with van der Waals surface area (Å²) in [6.45, 7) is 8.79. The van der Waals surface area contributed by atoms with Gasteiger partial charge in [-0.2, -0.15) is 0 Å². The zero-order chi connectivity index (χ0) is 13.7. The Labute approximate surface area is 110 Å². The SMILES string of the molecule is Cc1ccc(C(=O)NC(CCN)C(C)C)c(C)c1. The summed E-state index contributed by atoms with van der Waals surface area (Å²) < 4.78 is 0. The third-order valence-corrected chi connectivity index (χ3v) is 3.23. The number of carbonyl (C=O) groups is 1. The Balaban J connectivity index is 2.80. The van der Waals surface area contributed by atoms with Gasteiger partial charge in [0.1, 0.15) is 0 Å². The molecule has 0 bridgehead atoms. The number of amides is 1. The zero-order valence-corrected chi connectivity index (χ0v) is 11.8. The van der Waals surface area contributed by atoms with Crippen LogP contribution in [0.15, 0.2) is 18.2 Å². The summed E-state index contributed by atoms with van der Waals surface area (Å²) in [5.74, 6) is 0.392. The van der Waals surface area contributed by atoms with Crippen molar-refractivity contribution in [2.75, 3.05) is 6.54 Å². The van der Waals surface area contributed by atoms with Crippen molar-refractivity contribution in [2.24, 2.45) is 11.7 Å². The molecule has 3 nitrogen and oxygen atoms in total. The van der Waals surface area contributed by atoms with Gasteiger partial charge in [0.05, 0.1) is 0 Å². The average molecular weight is 248 g/mol. The number of hydrogen-bond acceptors (Lipinski definition) is 2. The molecule has 1 aromatic rings. The Morgan fingerprint density at radius 3 is 2.50 bits per heavy atom. The topological polar surface area (TPSA) is 55.1 Å². The molecular formula is C15H24N2O. The number of nitrogens with two attached hydrogens (primary N) is 1. The molecule has 0 radical (unpaired) electrons. The number of benzene rings is 1. The van der Waals surface area contributed by atoms with Gasteiger partial charge in [-0.05, 0) is 44.4 Å². The molecule has 0 aliphatic carbocycles. The van der Waals surface area contributed by atoms with Crippen LogP contribution in [0.1, 0.15) is 41.8 Å². The average Bonchev–Trinajstić information content (AvgIpc) is 2.27. The van der Waals surface area contributed by atoms with E-state index in [0.717, 1.165) is 17.5 Å². The van der Waals surface area contributed by atoms with E-state index in [9.17, 15) is 4.79 Å². The van der Waals surface area contributed by atoms with Crippen LogP contribution in [0, 0.1) is 19.8 Å². The van der Waals surface area contributed by atoms with Crippen LogP contribution in [0.3, 0.4) is 0 Å². The molecule has 0 aromatic heterocycles. The van der Waals surface area contributed by atoms with E-state index in [1.807, 2.05) is 32.0 Å². The Bertz CT molecular complexity index is 413. The Kier molecular flexibility index (Phi) is 5.35. The number of nitrogens with one attached hydrogen (secondary N) is 1. The van der Waals surface area contributed by atoms with Gasteiger partial charge in [0.2, 0.25) is 0 Å². The fourth-order valence-corrected chi connectivity index (χ4v) is 2.07. The van der Waals surface area contributed by atoms with Crippen molar-refractivity contribution >= 4 is 5.91 Å². The van der Waals surface area contributed by atoms with E-state index in [-0.39, 0.29) is 11.9 Å². The molecule has 0 saturated carbocycles. The molecule has 1 amide bonds. The Morgan fingerprint density at radius 2 is 2.00 bits per heavy atom. The monoisotopic (exact) mass is 248 g/mol. The van der Waals surface area contributed by atoms with Gasteiger partial charge in [0.25, 0.3) is 5.91 Å². The zero-order valence-electron chi connectivity index (χ0n) is 11.8. The van der Waals surface area contributed by atoms with Crippen LogP contribution in [0.4, 0.5) is 0 Å². The molecular weight excluding hydrogens is 224 g/mol. The molecule has 0 heterocycles. The minimum atomic E-state index is -0.000324. The van der Waals surface area contributed by atoms with Crippen molar-refractivity contribution in [3.8, 4) is 0 Å². The molecule has 0 aliphatic heterocycles. The maximum Gasteiger partial charge on any atom is 0.251 e. The van der Waals surface area contributed by atoms with E-state index in [1.54, 1.807) is 0 Å². The van der Waals surface area contributed by atoms with Crippen molar-refractivity contribution in [3.05, 3.63) is 34.9 Å². The predicted molar refractivity (Wildman–Crippen MR) is 75.7 cm³/mol. The number of carbonyl (C=O) groups excluding carboxylic acids is 1. The normalized spacial score (nSPS) is 12.6. The van der Waals surface area contributed by atoms with Gasteiger partial charge in [-0.3, -0.25) is 4.79 Å². The van der Waals surface area contributed by atoms with Gasteiger partial charge in [-0.25, -0.2) is 0 Å². The quantitative estimate of drug-likeness (QED) is 0.840. The molecule has 0 saturated heterocycles. The van der Waals surface area contributed by atoms with Gasteiger partial charge < -0.3 is 11.1 Å². The second kappa shape index (κ2) is 6.55. The summed E-state index contributed by atoms with van der Waals surface area (Å²) in [6, 6.07) is 6.03. The van der Waals surface area contributed by atoms with E-state index < -0.39 is 0 Å². The van der Waals surface area contributed by atoms with Gasteiger partial charge >= 0.3 is 0 Å². The number of aryl methyl sites for hydroxylation is 2. The summed E-state index contributed by atoms with van der Waals surface area (Å²) in [4.78, 5) is 12.2. The summed E-state index contributed by atoms with van der Waals surface area (Å²) >= 11 is 0. The first-order chi connectivity index (χ1) is 8.45. The molecule has 3 heteroatoms. The summed E-state index contributed by atoms with van der Waals surface area (Å²) in [7, 11) is 0. The molecule has 1 atom stereocenters. The first-order valence-corrected chi connectivity index (χ1v) is 6.54. The molecule has 3 N–H and O–H groups in total. The molecule has 18 heavy (non-hydrogen) atoms. The van der Waals surface area contributed by atoms with Gasteiger partial charge in [0, 0.05) is 11.6 Å². The fraction of sp³-hybridized carbons (Fsp3) is 0.533. The van der Waals surface area contributed by atoms with Crippen molar-refractivity contribution in [1.82, 2.24) is 5.32 Å². The van der Waals surface area contributed by atoms with Crippen molar-refractivity contribution in [1.29, 1.82) is 0 Å². The highest BCUT2D eigenvalue weighted by molar-refractivity contribution is 5.95. The van der Waals surface area contributed by atoms with Crippen LogP contribution in [-0.4, -0.2) is 18.5 Å². The predicted octanol–water partition coefficient (Wildman–Crippen LogP) is 2.41. The van der Waals surface area contributed by atoms with E-state index in [4.69, 9.17) is 5.73 Å². The molecule has 0 spiro atoms. The third-order valence-electron chi connectivity index (χ3n) is 3.23. The molecule has 1 rings (SSSR count). The highest BCUT2D eigenvalue weighted by atomic mass is 16.1. The van der Waals surface area contributed by atoms with Crippen molar-refractivity contribution < 1.29 is 4.79 Å². The molecule has 0 aliphatic rings. The highest BCUT2D eigenvalue weighted by Gasteiger charge is 2.17. The lowest BCUT2D eigenvalue weighted by Crippen LogP contribution is -2.40. The first kappa shape index (κ1) is 14.7. The van der Waals surface area contributed by atoms with E-state index in [2.05, 4.69) is 19.2 Å². The molecule has 1 aromatic carbocycles. The van der Waals surface area contributed by atoms with Crippen LogP contribution >= 0.6 is 0 Å². The van der Waals surface area contributed by atoms with E-state index in [1.165, 1.54) is 5.56 Å². The van der Waals surface area contributed by atoms with Gasteiger partial charge in [0.15, 0.2) is 0 Å². The lowest BCUT2D eigenvalue weighted by atomic mass is 9.99. The van der Waals surface area contributed by atoms with Crippen LogP contribution in [0.25, 0.3) is 0 Å². The lowest BCUT2D eigenvalue weighted by molar-refractivity contribution is 0.0923. The largest absolute Gasteiger partial charge is 0.349 e. The van der Waals surface area contributed by atoms with Crippen LogP contribution in [0.2, 0.25) is 0 Å². The van der Waals surface area contributed by atoms with Gasteiger partial charge in [-0.15, -0.1) is 0 Å². The minimum absolute atomic E-state index is 0.000324. The second-order valence-electron chi connectivity index (χ2n) is 5.22. The number of rotatable bonds is 5. The molecule has 100 valence electrons. The standard InChI is InChI=1S/C15H24N2O/c1-10(2)14(7-8-16)17-15(18)13-6-5-11(3)9-12(13)4/h5-6,9-10,14H,7-8,16H2,1-4H3,(H,17,18). The van der Waals surface area contributed by atoms with Crippen LogP contribution < -0.4 is 11.1 Å². The van der Waals surface area contributed by atoms with Crippen LogP contribution in [-0.2, 0) is 0 Å². The smallest absolute Gasteiger partial charge is 0.251 e. The van der Waals surface area contributed by atoms with Gasteiger partial charge in [-0.1, -0.05) is 31.5 Å². The Morgan fingerprint density at radius 1 is 1.33 bits per heavy atom. The van der Waals surface area contributed by atoms with Crippen molar-refractivity contribution in [3.63, 3.8) is 0 Å². The number of hydrogen-bond donors (Lipinski definition) is 2. The lowest BCUT2D eigenvalue weighted by Gasteiger charge is -2.22. The third kappa shape index (κ3) is 3.84. The minimum Gasteiger partial charge on any atom is -0.349 e. The summed E-state index contributed by atoms with van der Waals surface area (Å²) in [5.41, 5.74) is 8.52. The highest BCUT2D eigenvalue weighted by Crippen LogP contribution is 2.12. The first-order valence-electron chi connectivity index (χ1n) is 6.54. The van der Waals surface area contributed by atoms with E-state index in [0.29, 0.717) is 12.5 Å².